The Balaban J connectivity index is 1.64. The van der Waals surface area contributed by atoms with Gasteiger partial charge < -0.3 is 19.3 Å². The second kappa shape index (κ2) is 12.5. The molecule has 0 saturated heterocycles. The van der Waals surface area contributed by atoms with Crippen LogP contribution >= 0.6 is 23.4 Å². The highest BCUT2D eigenvalue weighted by molar-refractivity contribution is 8.18. The number of hydrogen-bond acceptors (Lipinski definition) is 7. The van der Waals surface area contributed by atoms with Gasteiger partial charge in [0.1, 0.15) is 23.0 Å². The van der Waals surface area contributed by atoms with E-state index in [0.29, 0.717) is 45.4 Å². The number of nitrogens with zero attached hydrogens (tertiary/aromatic N) is 1. The van der Waals surface area contributed by atoms with Crippen LogP contribution in [0.4, 0.5) is 5.69 Å². The van der Waals surface area contributed by atoms with Crippen LogP contribution in [0.5, 0.6) is 11.5 Å². The van der Waals surface area contributed by atoms with Gasteiger partial charge in [0.05, 0.1) is 23.8 Å². The SMILES string of the molecule is CCOC(=O)C1=C(O)/C(=C/c2ccc(OCc3ccccc3Cl)c(OCC)c2)SC1=Nc1ccccc1. The standard InChI is InChI=1S/C29H26ClNO5S/c1-3-34-24-16-19(14-15-23(24)36-18-20-10-8-9-13-22(20)30)17-25-27(32)26(29(33)35-4-2)28(37-25)31-21-11-6-5-7-12-21/h5-17,32H,3-4,18H2,1-2H3/b25-17-,31-28?. The van der Waals surface area contributed by atoms with Gasteiger partial charge in [-0.2, -0.15) is 0 Å². The molecular weight excluding hydrogens is 510 g/mol. The number of aliphatic hydroxyl groups excluding tert-OH is 1. The summed E-state index contributed by atoms with van der Waals surface area (Å²) >= 11 is 7.45. The van der Waals surface area contributed by atoms with E-state index < -0.39 is 5.97 Å². The second-order valence-electron chi connectivity index (χ2n) is 7.83. The molecule has 190 valence electrons. The van der Waals surface area contributed by atoms with Crippen LogP contribution in [0.25, 0.3) is 6.08 Å². The first-order valence-corrected chi connectivity index (χ1v) is 13.0. The van der Waals surface area contributed by atoms with E-state index in [2.05, 4.69) is 4.99 Å². The summed E-state index contributed by atoms with van der Waals surface area (Å²) in [5.41, 5.74) is 2.34. The molecule has 0 unspecified atom stereocenters. The number of para-hydroxylation sites is 1. The van der Waals surface area contributed by atoms with Gasteiger partial charge in [-0.05, 0) is 55.8 Å². The fourth-order valence-corrected chi connectivity index (χ4v) is 4.76. The van der Waals surface area contributed by atoms with Gasteiger partial charge in [-0.1, -0.05) is 65.8 Å². The molecule has 3 aromatic rings. The first kappa shape index (κ1) is 26.4. The molecule has 0 atom stereocenters. The number of rotatable bonds is 9. The van der Waals surface area contributed by atoms with Crippen molar-refractivity contribution in [2.45, 2.75) is 20.5 Å². The van der Waals surface area contributed by atoms with E-state index in [9.17, 15) is 9.90 Å². The van der Waals surface area contributed by atoms with Crippen molar-refractivity contribution in [3.63, 3.8) is 0 Å². The van der Waals surface area contributed by atoms with E-state index in [4.69, 9.17) is 25.8 Å². The van der Waals surface area contributed by atoms with Gasteiger partial charge in [0.2, 0.25) is 0 Å². The summed E-state index contributed by atoms with van der Waals surface area (Å²) in [4.78, 5) is 17.7. The average Bonchev–Trinajstić information content (AvgIpc) is 3.19. The maximum atomic E-state index is 12.6. The third-order valence-electron chi connectivity index (χ3n) is 5.26. The van der Waals surface area contributed by atoms with E-state index in [1.165, 1.54) is 11.8 Å². The summed E-state index contributed by atoms with van der Waals surface area (Å²) in [5.74, 6) is 0.333. The molecule has 0 bridgehead atoms. The highest BCUT2D eigenvalue weighted by Gasteiger charge is 2.33. The lowest BCUT2D eigenvalue weighted by Crippen LogP contribution is -2.12. The van der Waals surface area contributed by atoms with Crippen LogP contribution in [0.2, 0.25) is 5.02 Å². The first-order valence-electron chi connectivity index (χ1n) is 11.8. The average molecular weight is 536 g/mol. The number of ether oxygens (including phenoxy) is 3. The number of benzene rings is 3. The topological polar surface area (TPSA) is 77.4 Å². The molecule has 4 rings (SSSR count). The van der Waals surface area contributed by atoms with Crippen molar-refractivity contribution in [2.24, 2.45) is 4.99 Å². The predicted molar refractivity (Wildman–Crippen MR) is 149 cm³/mol. The van der Waals surface area contributed by atoms with Gasteiger partial charge in [-0.15, -0.1) is 0 Å². The Morgan fingerprint density at radius 2 is 1.73 bits per heavy atom. The van der Waals surface area contributed by atoms with E-state index in [1.807, 2.05) is 73.7 Å². The van der Waals surface area contributed by atoms with Crippen molar-refractivity contribution in [3.8, 4) is 11.5 Å². The molecule has 1 aliphatic heterocycles. The molecule has 0 aromatic heterocycles. The molecule has 0 spiro atoms. The summed E-state index contributed by atoms with van der Waals surface area (Å²) in [6, 6.07) is 22.2. The lowest BCUT2D eigenvalue weighted by Gasteiger charge is -2.13. The fraction of sp³-hybridized carbons (Fsp3) is 0.172. The summed E-state index contributed by atoms with van der Waals surface area (Å²) < 4.78 is 17.0. The molecule has 1 heterocycles. The van der Waals surface area contributed by atoms with Crippen LogP contribution in [-0.2, 0) is 16.1 Å². The van der Waals surface area contributed by atoms with Crippen LogP contribution in [0, 0.1) is 0 Å². The van der Waals surface area contributed by atoms with Gasteiger partial charge in [0.25, 0.3) is 0 Å². The Kier molecular flexibility index (Phi) is 8.93. The number of carbonyl (C=O) groups excluding carboxylic acids is 1. The predicted octanol–water partition coefficient (Wildman–Crippen LogP) is 7.51. The number of esters is 1. The van der Waals surface area contributed by atoms with Crippen LogP contribution in [0.3, 0.4) is 0 Å². The number of carbonyl (C=O) groups is 1. The van der Waals surface area contributed by atoms with Crippen molar-refractivity contribution >= 4 is 46.1 Å². The number of aliphatic imine (C=N–C) groups is 1. The third kappa shape index (κ3) is 6.56. The van der Waals surface area contributed by atoms with E-state index in [-0.39, 0.29) is 17.9 Å². The third-order valence-corrected chi connectivity index (χ3v) is 6.65. The molecule has 8 heteroatoms. The monoisotopic (exact) mass is 535 g/mol. The molecule has 0 aliphatic carbocycles. The Bertz CT molecular complexity index is 1370. The second-order valence-corrected chi connectivity index (χ2v) is 9.26. The molecule has 0 radical (unpaired) electrons. The van der Waals surface area contributed by atoms with Crippen molar-refractivity contribution < 1.29 is 24.1 Å². The molecular formula is C29H26ClNO5S. The van der Waals surface area contributed by atoms with Crippen molar-refractivity contribution in [3.05, 3.63) is 105 Å². The van der Waals surface area contributed by atoms with Crippen LogP contribution in [0.15, 0.2) is 94.0 Å². The highest BCUT2D eigenvalue weighted by Crippen LogP contribution is 2.41. The van der Waals surface area contributed by atoms with Gasteiger partial charge in [-0.25, -0.2) is 9.79 Å². The normalized spacial score (nSPS) is 15.3. The molecule has 3 aromatic carbocycles. The van der Waals surface area contributed by atoms with Crippen LogP contribution in [-0.4, -0.2) is 29.3 Å². The minimum atomic E-state index is -0.621. The lowest BCUT2D eigenvalue weighted by molar-refractivity contribution is -0.138. The van der Waals surface area contributed by atoms with Gasteiger partial charge in [-0.3, -0.25) is 0 Å². The molecule has 6 nitrogen and oxygen atoms in total. The van der Waals surface area contributed by atoms with Gasteiger partial charge >= 0.3 is 5.97 Å². The molecule has 1 N–H and O–H groups in total. The fourth-order valence-electron chi connectivity index (χ4n) is 3.54. The quantitative estimate of drug-likeness (QED) is 0.286. The number of aliphatic hydroxyl groups is 1. The van der Waals surface area contributed by atoms with Crippen molar-refractivity contribution in [1.29, 1.82) is 0 Å². The van der Waals surface area contributed by atoms with Gasteiger partial charge in [0, 0.05) is 10.6 Å². The Morgan fingerprint density at radius 3 is 2.46 bits per heavy atom. The minimum absolute atomic E-state index is 0.0479. The number of thioether (sulfide) groups is 1. The molecule has 0 saturated carbocycles. The summed E-state index contributed by atoms with van der Waals surface area (Å²) in [7, 11) is 0. The van der Waals surface area contributed by atoms with E-state index >= 15 is 0 Å². The maximum Gasteiger partial charge on any atom is 0.344 e. The summed E-state index contributed by atoms with van der Waals surface area (Å²) in [6.07, 6.45) is 1.77. The Labute approximate surface area is 225 Å². The Morgan fingerprint density at radius 1 is 0.973 bits per heavy atom. The van der Waals surface area contributed by atoms with Crippen molar-refractivity contribution in [1.82, 2.24) is 0 Å². The molecule has 0 fully saturated rings. The van der Waals surface area contributed by atoms with Gasteiger partial charge in [0.15, 0.2) is 11.5 Å². The first-order chi connectivity index (χ1) is 18.0. The van der Waals surface area contributed by atoms with Crippen LogP contribution < -0.4 is 9.47 Å². The van der Waals surface area contributed by atoms with E-state index in [1.54, 1.807) is 19.1 Å². The number of hydrogen-bond donors (Lipinski definition) is 1. The smallest absolute Gasteiger partial charge is 0.344 e. The molecule has 37 heavy (non-hydrogen) atoms. The zero-order valence-electron chi connectivity index (χ0n) is 20.4. The zero-order chi connectivity index (χ0) is 26.2. The Hall–Kier alpha value is -3.68. The summed E-state index contributed by atoms with van der Waals surface area (Å²) in [6.45, 7) is 4.53. The minimum Gasteiger partial charge on any atom is -0.506 e. The summed E-state index contributed by atoms with van der Waals surface area (Å²) in [5, 5.41) is 12.0. The zero-order valence-corrected chi connectivity index (χ0v) is 22.0. The molecule has 0 amide bonds. The number of halogens is 1. The maximum absolute atomic E-state index is 12.6. The largest absolute Gasteiger partial charge is 0.506 e. The van der Waals surface area contributed by atoms with Crippen molar-refractivity contribution in [2.75, 3.05) is 13.2 Å². The lowest BCUT2D eigenvalue weighted by atomic mass is 10.1. The van der Waals surface area contributed by atoms with Crippen LogP contribution in [0.1, 0.15) is 25.0 Å². The molecule has 1 aliphatic rings. The van der Waals surface area contributed by atoms with E-state index in [0.717, 1.165) is 11.1 Å². The highest BCUT2D eigenvalue weighted by atomic mass is 35.5.